The predicted molar refractivity (Wildman–Crippen MR) is 78.3 cm³/mol. The minimum Gasteiger partial charge on any atom is -0.481 e. The van der Waals surface area contributed by atoms with Crippen LogP contribution in [0.4, 0.5) is 0 Å². The third kappa shape index (κ3) is 9.15. The standard InChI is InChI=1S/C16H20O3.H2O/c17-15(10-6-1-2-7-11-16(18)19)13-12-14-8-4-3-5-9-14;/h3-5,8-9,15,17H,2,7,10-13H2,(H,18,19);1H2. The third-order valence-electron chi connectivity index (χ3n) is 2.76. The number of hydrogen-bond donors (Lipinski definition) is 2. The first-order valence-corrected chi connectivity index (χ1v) is 6.58. The van der Waals surface area contributed by atoms with Crippen LogP contribution < -0.4 is 0 Å². The highest BCUT2D eigenvalue weighted by Crippen LogP contribution is 2.06. The Morgan fingerprint density at radius 2 is 1.90 bits per heavy atom. The van der Waals surface area contributed by atoms with E-state index in [4.69, 9.17) is 5.11 Å². The van der Waals surface area contributed by atoms with Gasteiger partial charge in [0.2, 0.25) is 0 Å². The van der Waals surface area contributed by atoms with Crippen molar-refractivity contribution in [1.29, 1.82) is 0 Å². The fraction of sp³-hybridized carbons (Fsp3) is 0.438. The second-order valence-corrected chi connectivity index (χ2v) is 4.48. The van der Waals surface area contributed by atoms with E-state index in [-0.39, 0.29) is 11.9 Å². The second-order valence-electron chi connectivity index (χ2n) is 4.48. The fourth-order valence-electron chi connectivity index (χ4n) is 1.69. The van der Waals surface area contributed by atoms with E-state index in [1.807, 2.05) is 30.3 Å². The fourth-order valence-corrected chi connectivity index (χ4v) is 1.69. The molecule has 0 aliphatic heterocycles. The Labute approximate surface area is 119 Å². The first-order chi connectivity index (χ1) is 9.18. The maximum absolute atomic E-state index is 10.3. The quantitative estimate of drug-likeness (QED) is 0.588. The van der Waals surface area contributed by atoms with E-state index in [1.54, 1.807) is 0 Å². The molecular weight excluding hydrogens is 256 g/mol. The molecule has 0 fully saturated rings. The smallest absolute Gasteiger partial charge is 0.303 e. The monoisotopic (exact) mass is 278 g/mol. The molecule has 1 unspecified atom stereocenters. The summed E-state index contributed by atoms with van der Waals surface area (Å²) in [6, 6.07) is 10.0. The largest absolute Gasteiger partial charge is 0.481 e. The van der Waals surface area contributed by atoms with Gasteiger partial charge in [0.05, 0.1) is 6.10 Å². The van der Waals surface area contributed by atoms with Crippen molar-refractivity contribution >= 4 is 5.97 Å². The molecule has 4 heteroatoms. The summed E-state index contributed by atoms with van der Waals surface area (Å²) in [4.78, 5) is 10.3. The van der Waals surface area contributed by atoms with Gasteiger partial charge in [-0.15, -0.1) is 11.8 Å². The number of aliphatic carboxylic acids is 1. The molecule has 0 bridgehead atoms. The summed E-state index contributed by atoms with van der Waals surface area (Å²) >= 11 is 0. The zero-order valence-corrected chi connectivity index (χ0v) is 11.5. The Bertz CT molecular complexity index is 431. The zero-order chi connectivity index (χ0) is 13.9. The Kier molecular flexibility index (Phi) is 10.0. The second kappa shape index (κ2) is 11.0. The van der Waals surface area contributed by atoms with Crippen molar-refractivity contribution in [3.63, 3.8) is 0 Å². The molecule has 0 aliphatic carbocycles. The Hall–Kier alpha value is -1.83. The van der Waals surface area contributed by atoms with E-state index < -0.39 is 12.1 Å². The van der Waals surface area contributed by atoms with Crippen LogP contribution in [-0.4, -0.2) is 27.8 Å². The third-order valence-corrected chi connectivity index (χ3v) is 2.76. The van der Waals surface area contributed by atoms with E-state index in [2.05, 4.69) is 11.8 Å². The van der Waals surface area contributed by atoms with Gasteiger partial charge in [-0.25, -0.2) is 0 Å². The average Bonchev–Trinajstić information content (AvgIpc) is 2.41. The lowest BCUT2D eigenvalue weighted by Gasteiger charge is -2.06. The van der Waals surface area contributed by atoms with E-state index in [0.717, 1.165) is 6.42 Å². The number of rotatable bonds is 7. The van der Waals surface area contributed by atoms with Crippen LogP contribution in [0.1, 0.15) is 37.7 Å². The zero-order valence-electron chi connectivity index (χ0n) is 11.5. The average molecular weight is 278 g/mol. The molecule has 0 saturated carbocycles. The number of aryl methyl sites for hydroxylation is 1. The molecule has 110 valence electrons. The summed E-state index contributed by atoms with van der Waals surface area (Å²) in [5.74, 6) is 5.01. The van der Waals surface area contributed by atoms with E-state index >= 15 is 0 Å². The molecule has 1 rings (SSSR count). The normalized spacial score (nSPS) is 10.8. The van der Waals surface area contributed by atoms with Crippen molar-refractivity contribution in [2.75, 3.05) is 0 Å². The number of hydrogen-bond acceptors (Lipinski definition) is 2. The number of unbranched alkanes of at least 4 members (excludes halogenated alkanes) is 1. The summed E-state index contributed by atoms with van der Waals surface area (Å²) < 4.78 is 0. The predicted octanol–water partition coefficient (Wildman–Crippen LogP) is 1.80. The summed E-state index contributed by atoms with van der Waals surface area (Å²) in [7, 11) is 0. The van der Waals surface area contributed by atoms with Crippen molar-refractivity contribution in [2.24, 2.45) is 0 Å². The number of benzene rings is 1. The Morgan fingerprint density at radius 3 is 2.55 bits per heavy atom. The van der Waals surface area contributed by atoms with E-state index in [1.165, 1.54) is 5.56 Å². The van der Waals surface area contributed by atoms with Gasteiger partial charge < -0.3 is 15.7 Å². The molecule has 1 aromatic carbocycles. The van der Waals surface area contributed by atoms with Crippen LogP contribution in [0, 0.1) is 11.8 Å². The van der Waals surface area contributed by atoms with Gasteiger partial charge in [-0.05, 0) is 24.8 Å². The minimum atomic E-state index is -0.787. The Morgan fingerprint density at radius 1 is 1.20 bits per heavy atom. The highest BCUT2D eigenvalue weighted by atomic mass is 16.4. The summed E-state index contributed by atoms with van der Waals surface area (Å²) in [6.45, 7) is 0. The molecule has 0 heterocycles. The first kappa shape index (κ1) is 18.2. The molecule has 0 amide bonds. The van der Waals surface area contributed by atoms with Crippen LogP contribution >= 0.6 is 0 Å². The van der Waals surface area contributed by atoms with Gasteiger partial charge in [0.15, 0.2) is 0 Å². The van der Waals surface area contributed by atoms with Crippen LogP contribution in [0.3, 0.4) is 0 Å². The van der Waals surface area contributed by atoms with Gasteiger partial charge in [0.25, 0.3) is 0 Å². The molecule has 0 saturated heterocycles. The van der Waals surface area contributed by atoms with Gasteiger partial charge in [-0.2, -0.15) is 0 Å². The van der Waals surface area contributed by atoms with Crippen molar-refractivity contribution in [3.05, 3.63) is 35.9 Å². The summed E-state index contributed by atoms with van der Waals surface area (Å²) in [5, 5.41) is 18.2. The molecule has 1 aromatic rings. The lowest BCUT2D eigenvalue weighted by atomic mass is 10.1. The topological polar surface area (TPSA) is 89.0 Å². The van der Waals surface area contributed by atoms with Gasteiger partial charge in [-0.1, -0.05) is 30.3 Å². The first-order valence-electron chi connectivity index (χ1n) is 6.58. The summed E-state index contributed by atoms with van der Waals surface area (Å²) in [5.41, 5.74) is 1.22. The highest BCUT2D eigenvalue weighted by Gasteiger charge is 2.02. The molecule has 0 spiro atoms. The number of carboxylic acids is 1. The van der Waals surface area contributed by atoms with Crippen molar-refractivity contribution in [3.8, 4) is 11.8 Å². The molecular formula is C16H22O4. The molecule has 1 atom stereocenters. The van der Waals surface area contributed by atoms with Crippen molar-refractivity contribution in [1.82, 2.24) is 0 Å². The number of carboxylic acid groups (broad SMARTS) is 1. The SMILES string of the molecule is O.O=C(O)CCCC#CCC(O)CCc1ccccc1. The molecule has 4 nitrogen and oxygen atoms in total. The number of aliphatic hydroxyl groups excluding tert-OH is 1. The van der Waals surface area contributed by atoms with Crippen LogP contribution in [-0.2, 0) is 11.2 Å². The van der Waals surface area contributed by atoms with E-state index in [0.29, 0.717) is 25.7 Å². The maximum atomic E-state index is 10.3. The van der Waals surface area contributed by atoms with Gasteiger partial charge >= 0.3 is 5.97 Å². The highest BCUT2D eigenvalue weighted by molar-refractivity contribution is 5.66. The lowest BCUT2D eigenvalue weighted by Crippen LogP contribution is -2.06. The van der Waals surface area contributed by atoms with Crippen molar-refractivity contribution < 1.29 is 20.5 Å². The van der Waals surface area contributed by atoms with Gasteiger partial charge in [0, 0.05) is 19.3 Å². The van der Waals surface area contributed by atoms with Crippen molar-refractivity contribution in [2.45, 2.75) is 44.6 Å². The molecule has 20 heavy (non-hydrogen) atoms. The number of carbonyl (C=O) groups is 1. The van der Waals surface area contributed by atoms with Crippen LogP contribution in [0.15, 0.2) is 30.3 Å². The summed E-state index contributed by atoms with van der Waals surface area (Å²) in [6.07, 6.45) is 2.91. The molecule has 0 radical (unpaired) electrons. The molecule has 0 aliphatic rings. The lowest BCUT2D eigenvalue weighted by molar-refractivity contribution is -0.137. The Balaban J connectivity index is 0.00000361. The van der Waals surface area contributed by atoms with Gasteiger partial charge in [0.1, 0.15) is 0 Å². The van der Waals surface area contributed by atoms with Crippen LogP contribution in [0.25, 0.3) is 0 Å². The van der Waals surface area contributed by atoms with Crippen LogP contribution in [0.2, 0.25) is 0 Å². The maximum Gasteiger partial charge on any atom is 0.303 e. The van der Waals surface area contributed by atoms with Gasteiger partial charge in [-0.3, -0.25) is 4.79 Å². The minimum absolute atomic E-state index is 0. The van der Waals surface area contributed by atoms with E-state index in [9.17, 15) is 9.90 Å². The van der Waals surface area contributed by atoms with Crippen LogP contribution in [0.5, 0.6) is 0 Å². The number of aliphatic hydroxyl groups is 1. The molecule has 0 aromatic heterocycles. The molecule has 4 N–H and O–H groups in total.